The first-order valence-corrected chi connectivity index (χ1v) is 12.3. The quantitative estimate of drug-likeness (QED) is 0.438. The number of benzene rings is 3. The average molecular weight is 470 g/mol. The Morgan fingerprint density at radius 2 is 1.58 bits per heavy atom. The van der Waals surface area contributed by atoms with Gasteiger partial charge in [0.2, 0.25) is 0 Å². The molecular weight excluding hydrogens is 434 g/mol. The number of hydrogen-bond donors (Lipinski definition) is 2. The van der Waals surface area contributed by atoms with E-state index in [0.717, 1.165) is 55.0 Å². The molecule has 1 aliphatic heterocycles. The van der Waals surface area contributed by atoms with Gasteiger partial charge in [0.15, 0.2) is 0 Å². The fraction of sp³-hybridized carbons (Fsp3) is 0.333. The van der Waals surface area contributed by atoms with E-state index >= 15 is 0 Å². The predicted octanol–water partition coefficient (Wildman–Crippen LogP) is 6.07. The first-order valence-electron chi connectivity index (χ1n) is 11.3. The normalized spacial score (nSPS) is 11.7. The van der Waals surface area contributed by atoms with Crippen molar-refractivity contribution >= 4 is 11.8 Å². The molecule has 0 spiro atoms. The molecule has 0 saturated carbocycles. The number of nitrogens with zero attached hydrogens (tertiary/aromatic N) is 1. The molecule has 0 aromatic heterocycles. The summed E-state index contributed by atoms with van der Waals surface area (Å²) in [5, 5.41) is 17.8. The van der Waals surface area contributed by atoms with Crippen LogP contribution in [0, 0.1) is 0 Å². The lowest BCUT2D eigenvalue weighted by molar-refractivity contribution is 0.216. The van der Waals surface area contributed by atoms with Gasteiger partial charge in [-0.05, 0) is 62.0 Å². The average Bonchev–Trinajstić information content (AvgIpc) is 2.85. The van der Waals surface area contributed by atoms with Crippen LogP contribution in [0.15, 0.2) is 83.8 Å². The van der Waals surface area contributed by atoms with Crippen LogP contribution in [-0.4, -0.2) is 53.7 Å². The Morgan fingerprint density at radius 3 is 2.18 bits per heavy atom. The lowest BCUT2D eigenvalue weighted by Crippen LogP contribution is -2.28. The number of likely N-dealkylation sites (N-methyl/N-ethyl adjacent to an activating group) is 1. The van der Waals surface area contributed by atoms with Gasteiger partial charge in [0.25, 0.3) is 0 Å². The van der Waals surface area contributed by atoms with Crippen molar-refractivity contribution in [2.24, 2.45) is 0 Å². The summed E-state index contributed by atoms with van der Waals surface area (Å²) in [4.78, 5) is 3.44. The molecule has 1 aliphatic rings. The maximum absolute atomic E-state index is 9.12. The molecule has 0 atom stereocenters. The molecule has 0 fully saturated rings. The van der Waals surface area contributed by atoms with Crippen molar-refractivity contribution in [3.63, 3.8) is 0 Å². The Hall–Kier alpha value is -2.83. The van der Waals surface area contributed by atoms with Gasteiger partial charge in [-0.15, -0.1) is 11.8 Å². The first-order chi connectivity index (χ1) is 16.1. The monoisotopic (exact) mass is 469 g/mol. The van der Waals surface area contributed by atoms with Gasteiger partial charge in [-0.3, -0.25) is 0 Å². The molecule has 0 saturated heterocycles. The summed E-state index contributed by atoms with van der Waals surface area (Å²) in [5.41, 5.74) is 0. The summed E-state index contributed by atoms with van der Waals surface area (Å²) < 4.78 is 11.0. The van der Waals surface area contributed by atoms with Crippen molar-refractivity contribution in [3.05, 3.63) is 78.9 Å². The van der Waals surface area contributed by atoms with Crippen LogP contribution in [0.5, 0.6) is 23.0 Å². The van der Waals surface area contributed by atoms with E-state index in [1.54, 1.807) is 54.2 Å². The molecule has 5 nitrogen and oxygen atoms in total. The van der Waals surface area contributed by atoms with Gasteiger partial charge < -0.3 is 24.6 Å². The van der Waals surface area contributed by atoms with Gasteiger partial charge in [-0.25, -0.2) is 0 Å². The van der Waals surface area contributed by atoms with Crippen LogP contribution >= 0.6 is 11.8 Å². The number of ether oxygens (including phenoxy) is 2. The number of hydrogen-bond acceptors (Lipinski definition) is 6. The molecule has 3 aromatic rings. The molecular formula is C27H35NO4S. The number of para-hydroxylation sites is 2. The summed E-state index contributed by atoms with van der Waals surface area (Å²) in [6.45, 7) is 9.22. The van der Waals surface area contributed by atoms with Crippen LogP contribution in [0.1, 0.15) is 20.3 Å². The molecule has 178 valence electrons. The zero-order valence-electron chi connectivity index (χ0n) is 19.5. The van der Waals surface area contributed by atoms with E-state index in [-0.39, 0.29) is 0 Å². The summed E-state index contributed by atoms with van der Waals surface area (Å²) >= 11 is 1.72. The zero-order valence-corrected chi connectivity index (χ0v) is 20.3. The molecule has 0 bridgehead atoms. The maximum atomic E-state index is 9.12. The van der Waals surface area contributed by atoms with Gasteiger partial charge in [0, 0.05) is 12.3 Å². The van der Waals surface area contributed by atoms with Crippen LogP contribution in [-0.2, 0) is 0 Å². The Morgan fingerprint density at radius 1 is 0.879 bits per heavy atom. The number of fused-ring (bicyclic) bond motifs is 1. The van der Waals surface area contributed by atoms with Crippen LogP contribution in [0.4, 0.5) is 0 Å². The highest BCUT2D eigenvalue weighted by molar-refractivity contribution is 7.99. The van der Waals surface area contributed by atoms with Crippen molar-refractivity contribution in [2.75, 3.05) is 38.6 Å². The topological polar surface area (TPSA) is 62.2 Å². The zero-order chi connectivity index (χ0) is 23.7. The molecule has 2 N–H and O–H groups in total. The minimum absolute atomic E-state index is 0.307. The molecule has 4 rings (SSSR count). The Balaban J connectivity index is 0.000000187. The van der Waals surface area contributed by atoms with E-state index in [1.807, 2.05) is 36.4 Å². The fourth-order valence-electron chi connectivity index (χ4n) is 3.01. The van der Waals surface area contributed by atoms with Crippen molar-refractivity contribution in [2.45, 2.75) is 25.2 Å². The molecule has 6 heteroatoms. The second-order valence-electron chi connectivity index (χ2n) is 7.26. The number of phenols is 2. The first kappa shape index (κ1) is 26.4. The van der Waals surface area contributed by atoms with Crippen molar-refractivity contribution in [3.8, 4) is 23.0 Å². The third kappa shape index (κ3) is 11.0. The van der Waals surface area contributed by atoms with E-state index in [1.165, 1.54) is 6.42 Å². The fourth-order valence-corrected chi connectivity index (χ4v) is 3.87. The standard InChI is InChI=1S/C13H21NO.C8H8O2S.C6H6O/c1-3-10-14(4-2)11-12-15-13-8-6-5-7-9-13;9-6-1-2-7-8(5-6)11-4-3-10-7;7-6-4-2-1-3-5-6/h5-9H,3-4,10-12H2,1-2H3;1-2,5,9H,3-4H2;1-5,7H. The van der Waals surface area contributed by atoms with Crippen molar-refractivity contribution in [1.82, 2.24) is 4.90 Å². The molecule has 0 aliphatic carbocycles. The number of phenolic OH excluding ortho intramolecular Hbond substituents is 2. The minimum Gasteiger partial charge on any atom is -0.508 e. The summed E-state index contributed by atoms with van der Waals surface area (Å²) in [7, 11) is 0. The molecule has 0 amide bonds. The largest absolute Gasteiger partial charge is 0.508 e. The highest BCUT2D eigenvalue weighted by atomic mass is 32.2. The van der Waals surface area contributed by atoms with Gasteiger partial charge in [0.05, 0.1) is 11.5 Å². The Labute approximate surface area is 202 Å². The molecule has 0 radical (unpaired) electrons. The lowest BCUT2D eigenvalue weighted by Gasteiger charge is -2.19. The number of aromatic hydroxyl groups is 2. The maximum Gasteiger partial charge on any atom is 0.133 e. The number of thioether (sulfide) groups is 1. The Bertz CT molecular complexity index is 893. The highest BCUT2D eigenvalue weighted by Gasteiger charge is 2.10. The van der Waals surface area contributed by atoms with Gasteiger partial charge >= 0.3 is 0 Å². The molecule has 0 unspecified atom stereocenters. The SMILES string of the molecule is CCCN(CC)CCOc1ccccc1.Oc1ccc2c(c1)SCCO2.Oc1ccccc1. The summed E-state index contributed by atoms with van der Waals surface area (Å²) in [6, 6.07) is 23.9. The van der Waals surface area contributed by atoms with E-state index in [2.05, 4.69) is 18.7 Å². The van der Waals surface area contributed by atoms with Gasteiger partial charge in [0.1, 0.15) is 29.6 Å². The lowest BCUT2D eigenvalue weighted by atomic mass is 10.3. The van der Waals surface area contributed by atoms with E-state index in [0.29, 0.717) is 11.5 Å². The van der Waals surface area contributed by atoms with E-state index < -0.39 is 0 Å². The van der Waals surface area contributed by atoms with Crippen molar-refractivity contribution in [1.29, 1.82) is 0 Å². The van der Waals surface area contributed by atoms with Crippen LogP contribution in [0.3, 0.4) is 0 Å². The van der Waals surface area contributed by atoms with Crippen LogP contribution in [0.2, 0.25) is 0 Å². The van der Waals surface area contributed by atoms with E-state index in [4.69, 9.17) is 19.7 Å². The molecule has 33 heavy (non-hydrogen) atoms. The third-order valence-corrected chi connectivity index (χ3v) is 5.69. The van der Waals surface area contributed by atoms with Crippen LogP contribution < -0.4 is 9.47 Å². The molecule has 1 heterocycles. The van der Waals surface area contributed by atoms with Gasteiger partial charge in [-0.2, -0.15) is 0 Å². The third-order valence-electron chi connectivity index (χ3n) is 4.69. The predicted molar refractivity (Wildman–Crippen MR) is 137 cm³/mol. The Kier molecular flexibility index (Phi) is 12.7. The summed E-state index contributed by atoms with van der Waals surface area (Å²) in [6.07, 6.45) is 1.21. The smallest absolute Gasteiger partial charge is 0.133 e. The summed E-state index contributed by atoms with van der Waals surface area (Å²) in [5.74, 6) is 3.45. The minimum atomic E-state index is 0.307. The van der Waals surface area contributed by atoms with Crippen LogP contribution in [0.25, 0.3) is 0 Å². The van der Waals surface area contributed by atoms with Gasteiger partial charge in [-0.1, -0.05) is 50.2 Å². The second kappa shape index (κ2) is 15.9. The molecule has 3 aromatic carbocycles. The second-order valence-corrected chi connectivity index (χ2v) is 8.40. The van der Waals surface area contributed by atoms with Crippen molar-refractivity contribution < 1.29 is 19.7 Å². The van der Waals surface area contributed by atoms with E-state index in [9.17, 15) is 0 Å². The number of rotatable bonds is 7. The highest BCUT2D eigenvalue weighted by Crippen LogP contribution is 2.35.